The van der Waals surface area contributed by atoms with E-state index in [-0.39, 0.29) is 5.41 Å². The topological polar surface area (TPSA) is 21.3 Å². The summed E-state index contributed by atoms with van der Waals surface area (Å²) < 4.78 is 5.52. The smallest absolute Gasteiger partial charge is 0.123 e. The highest BCUT2D eigenvalue weighted by Crippen LogP contribution is 2.36. The van der Waals surface area contributed by atoms with Gasteiger partial charge < -0.3 is 10.1 Å². The second-order valence-corrected chi connectivity index (χ2v) is 6.51. The van der Waals surface area contributed by atoms with Crippen LogP contribution in [0.25, 0.3) is 0 Å². The van der Waals surface area contributed by atoms with Crippen molar-refractivity contribution in [3.63, 3.8) is 0 Å². The lowest BCUT2D eigenvalue weighted by Crippen LogP contribution is -2.17. The van der Waals surface area contributed by atoms with Gasteiger partial charge in [-0.25, -0.2) is 0 Å². The summed E-state index contributed by atoms with van der Waals surface area (Å²) in [7, 11) is 1.76. The number of rotatable bonds is 2. The van der Waals surface area contributed by atoms with Crippen LogP contribution in [0.4, 0.5) is 0 Å². The first-order valence-electron chi connectivity index (χ1n) is 6.83. The monoisotopic (exact) mass is 247 g/mol. The first-order valence-corrected chi connectivity index (χ1v) is 6.83. The fourth-order valence-electron chi connectivity index (χ4n) is 2.62. The van der Waals surface area contributed by atoms with Crippen LogP contribution in [0.2, 0.25) is 0 Å². The molecule has 1 heterocycles. The average Bonchev–Trinajstić information content (AvgIpc) is 2.73. The predicted molar refractivity (Wildman–Crippen MR) is 76.2 cm³/mol. The summed E-state index contributed by atoms with van der Waals surface area (Å²) in [6, 6.07) is 7.05. The molecule has 2 nitrogen and oxygen atoms in total. The number of ether oxygens (including phenoxy) is 1. The highest BCUT2D eigenvalue weighted by Gasteiger charge is 2.26. The Morgan fingerprint density at radius 3 is 2.50 bits per heavy atom. The lowest BCUT2D eigenvalue weighted by Gasteiger charge is -2.23. The molecule has 0 bridgehead atoms. The van der Waals surface area contributed by atoms with E-state index in [1.807, 2.05) is 0 Å². The summed E-state index contributed by atoms with van der Waals surface area (Å²) in [4.78, 5) is 0. The summed E-state index contributed by atoms with van der Waals surface area (Å²) in [5.41, 5.74) is 2.87. The Bertz CT molecular complexity index is 420. The summed E-state index contributed by atoms with van der Waals surface area (Å²) in [6.07, 6.45) is 1.20. The van der Waals surface area contributed by atoms with Crippen LogP contribution in [0, 0.1) is 5.92 Å². The molecule has 100 valence electrons. The van der Waals surface area contributed by atoms with E-state index >= 15 is 0 Å². The molecule has 0 amide bonds. The summed E-state index contributed by atoms with van der Waals surface area (Å²) in [5, 5.41) is 3.60. The van der Waals surface area contributed by atoms with Gasteiger partial charge in [-0.05, 0) is 42.0 Å². The number of benzene rings is 1. The third-order valence-corrected chi connectivity index (χ3v) is 3.82. The van der Waals surface area contributed by atoms with E-state index in [2.05, 4.69) is 51.2 Å². The van der Waals surface area contributed by atoms with E-state index in [9.17, 15) is 0 Å². The quantitative estimate of drug-likeness (QED) is 0.861. The number of hydrogen-bond donors (Lipinski definition) is 1. The normalized spacial score (nSPS) is 24.3. The highest BCUT2D eigenvalue weighted by atomic mass is 16.5. The lowest BCUT2D eigenvalue weighted by atomic mass is 9.85. The van der Waals surface area contributed by atoms with E-state index in [4.69, 9.17) is 4.74 Å². The minimum absolute atomic E-state index is 0.186. The van der Waals surface area contributed by atoms with Crippen LogP contribution < -0.4 is 10.1 Å². The second-order valence-electron chi connectivity index (χ2n) is 6.51. The molecule has 18 heavy (non-hydrogen) atoms. The first kappa shape index (κ1) is 13.4. The van der Waals surface area contributed by atoms with Gasteiger partial charge in [0.05, 0.1) is 7.11 Å². The van der Waals surface area contributed by atoms with Crippen LogP contribution in [-0.2, 0) is 5.41 Å². The third-order valence-electron chi connectivity index (χ3n) is 3.82. The van der Waals surface area contributed by atoms with Gasteiger partial charge in [-0.15, -0.1) is 0 Å². The minimum Gasteiger partial charge on any atom is -0.496 e. The van der Waals surface area contributed by atoms with Crippen LogP contribution in [-0.4, -0.2) is 13.7 Å². The lowest BCUT2D eigenvalue weighted by molar-refractivity contribution is 0.402. The number of methoxy groups -OCH3 is 1. The van der Waals surface area contributed by atoms with Crippen LogP contribution in [0.15, 0.2) is 18.2 Å². The Hall–Kier alpha value is -1.02. The Labute approximate surface area is 111 Å². The molecular weight excluding hydrogens is 222 g/mol. The Balaban J connectivity index is 2.37. The largest absolute Gasteiger partial charge is 0.496 e. The maximum atomic E-state index is 5.52. The molecular formula is C16H25NO. The van der Waals surface area contributed by atoms with Crippen molar-refractivity contribution in [1.29, 1.82) is 0 Å². The molecule has 1 aromatic rings. The van der Waals surface area contributed by atoms with Crippen LogP contribution in [0.5, 0.6) is 5.75 Å². The maximum Gasteiger partial charge on any atom is 0.123 e. The van der Waals surface area contributed by atoms with Gasteiger partial charge >= 0.3 is 0 Å². The van der Waals surface area contributed by atoms with E-state index < -0.39 is 0 Å². The SMILES string of the molecule is COc1ccc(C(C)(C)C)cc1[C@H]1C[C@H](C)CN1. The van der Waals surface area contributed by atoms with Gasteiger partial charge in [-0.1, -0.05) is 33.8 Å². The molecule has 1 aromatic carbocycles. The Morgan fingerprint density at radius 2 is 2.00 bits per heavy atom. The number of hydrogen-bond acceptors (Lipinski definition) is 2. The van der Waals surface area contributed by atoms with Gasteiger partial charge in [0.2, 0.25) is 0 Å². The fraction of sp³-hybridized carbons (Fsp3) is 0.625. The second kappa shape index (κ2) is 4.93. The zero-order valence-electron chi connectivity index (χ0n) is 12.2. The van der Waals surface area contributed by atoms with Crippen LogP contribution >= 0.6 is 0 Å². The predicted octanol–water partition coefficient (Wildman–Crippen LogP) is 3.66. The van der Waals surface area contributed by atoms with Gasteiger partial charge in [-0.2, -0.15) is 0 Å². The summed E-state index contributed by atoms with van der Waals surface area (Å²) >= 11 is 0. The molecule has 0 radical (unpaired) electrons. The average molecular weight is 247 g/mol. The highest BCUT2D eigenvalue weighted by molar-refractivity contribution is 5.42. The van der Waals surface area contributed by atoms with Crippen LogP contribution in [0.1, 0.15) is 51.3 Å². The van der Waals surface area contributed by atoms with Gasteiger partial charge in [0.25, 0.3) is 0 Å². The van der Waals surface area contributed by atoms with Crippen molar-refractivity contribution in [2.24, 2.45) is 5.92 Å². The van der Waals surface area contributed by atoms with E-state index in [1.165, 1.54) is 17.5 Å². The maximum absolute atomic E-state index is 5.52. The molecule has 0 spiro atoms. The van der Waals surface area contributed by atoms with Gasteiger partial charge in [0, 0.05) is 11.6 Å². The van der Waals surface area contributed by atoms with E-state index in [0.29, 0.717) is 6.04 Å². The molecule has 0 aliphatic carbocycles. The van der Waals surface area contributed by atoms with Gasteiger partial charge in [0.15, 0.2) is 0 Å². The molecule has 1 aliphatic rings. The molecule has 1 saturated heterocycles. The van der Waals surface area contributed by atoms with Crippen molar-refractivity contribution in [3.05, 3.63) is 29.3 Å². The van der Waals surface area contributed by atoms with Crippen LogP contribution in [0.3, 0.4) is 0 Å². The van der Waals surface area contributed by atoms with E-state index in [1.54, 1.807) is 7.11 Å². The molecule has 2 heteroatoms. The molecule has 0 saturated carbocycles. The zero-order valence-corrected chi connectivity index (χ0v) is 12.2. The third kappa shape index (κ3) is 2.69. The van der Waals surface area contributed by atoms with Crippen molar-refractivity contribution in [3.8, 4) is 5.75 Å². The molecule has 1 N–H and O–H groups in total. The molecule has 1 fully saturated rings. The zero-order chi connectivity index (χ0) is 13.3. The van der Waals surface area contributed by atoms with E-state index in [0.717, 1.165) is 18.2 Å². The minimum atomic E-state index is 0.186. The summed E-state index contributed by atoms with van der Waals surface area (Å²) in [5.74, 6) is 1.76. The Morgan fingerprint density at radius 1 is 1.28 bits per heavy atom. The van der Waals surface area contributed by atoms with Gasteiger partial charge in [-0.3, -0.25) is 0 Å². The first-order chi connectivity index (χ1) is 8.41. The molecule has 0 aromatic heterocycles. The molecule has 2 rings (SSSR count). The van der Waals surface area contributed by atoms with Crippen molar-refractivity contribution < 1.29 is 4.74 Å². The fourth-order valence-corrected chi connectivity index (χ4v) is 2.62. The standard InChI is InChI=1S/C16H25NO/c1-11-8-14(17-10-11)13-9-12(16(2,3)4)6-7-15(13)18-5/h6-7,9,11,14,17H,8,10H2,1-5H3/t11-,14+/m0/s1. The van der Waals surface area contributed by atoms with Crippen molar-refractivity contribution in [1.82, 2.24) is 5.32 Å². The van der Waals surface area contributed by atoms with Crippen molar-refractivity contribution in [2.45, 2.75) is 45.6 Å². The molecule has 2 atom stereocenters. The molecule has 0 unspecified atom stereocenters. The van der Waals surface area contributed by atoms with Gasteiger partial charge in [0.1, 0.15) is 5.75 Å². The van der Waals surface area contributed by atoms with Crippen molar-refractivity contribution >= 4 is 0 Å². The number of nitrogens with one attached hydrogen (secondary N) is 1. The Kier molecular flexibility index (Phi) is 3.67. The van der Waals surface area contributed by atoms with Crippen molar-refractivity contribution in [2.75, 3.05) is 13.7 Å². The molecule has 1 aliphatic heterocycles. The summed E-state index contributed by atoms with van der Waals surface area (Å²) in [6.45, 7) is 10.2.